The fraction of sp³-hybridized carbons (Fsp3) is 0.571. The molecular weight excluding hydrogens is 228 g/mol. The maximum Gasteiger partial charge on any atom is 0.0663 e. The van der Waals surface area contributed by atoms with Crippen molar-refractivity contribution >= 4 is 11.4 Å². The van der Waals surface area contributed by atoms with E-state index in [1.165, 1.54) is 0 Å². The van der Waals surface area contributed by atoms with Gasteiger partial charge in [0.2, 0.25) is 0 Å². The second-order valence-electron chi connectivity index (χ2n) is 4.53. The van der Waals surface area contributed by atoms with E-state index in [9.17, 15) is 0 Å². The zero-order valence-electron chi connectivity index (χ0n) is 11.8. The van der Waals surface area contributed by atoms with Gasteiger partial charge in [-0.3, -0.25) is 0 Å². The Kier molecular flexibility index (Phi) is 5.95. The first kappa shape index (κ1) is 14.8. The number of aryl methyl sites for hydroxylation is 1. The van der Waals surface area contributed by atoms with Gasteiger partial charge in [0.25, 0.3) is 0 Å². The lowest BCUT2D eigenvalue weighted by Gasteiger charge is -2.31. The van der Waals surface area contributed by atoms with Crippen LogP contribution in [0.1, 0.15) is 12.5 Å². The minimum Gasteiger partial charge on any atom is -0.399 e. The summed E-state index contributed by atoms with van der Waals surface area (Å²) in [6, 6.07) is 6.40. The molecule has 0 aliphatic heterocycles. The van der Waals surface area contributed by atoms with Gasteiger partial charge in [0.05, 0.1) is 13.2 Å². The minimum atomic E-state index is 0.299. The molecule has 102 valence electrons. The Morgan fingerprint density at radius 3 is 2.56 bits per heavy atom. The second-order valence-corrected chi connectivity index (χ2v) is 4.53. The summed E-state index contributed by atoms with van der Waals surface area (Å²) in [7, 11) is 3.44. The molecule has 0 amide bonds. The van der Waals surface area contributed by atoms with Crippen LogP contribution >= 0.6 is 0 Å². The third kappa shape index (κ3) is 3.89. The molecular formula is C14H24N2O2. The van der Waals surface area contributed by atoms with Crippen LogP contribution in [0, 0.1) is 6.92 Å². The first-order chi connectivity index (χ1) is 8.60. The quantitative estimate of drug-likeness (QED) is 0.755. The lowest BCUT2D eigenvalue weighted by atomic mass is 10.1. The van der Waals surface area contributed by atoms with Crippen molar-refractivity contribution in [1.82, 2.24) is 0 Å². The molecule has 1 rings (SSSR count). The molecule has 0 aliphatic rings. The zero-order valence-corrected chi connectivity index (χ0v) is 11.8. The lowest BCUT2D eigenvalue weighted by molar-refractivity contribution is 0.171. The van der Waals surface area contributed by atoms with Crippen LogP contribution in [0.3, 0.4) is 0 Å². The van der Waals surface area contributed by atoms with Crippen LogP contribution in [0.15, 0.2) is 18.2 Å². The van der Waals surface area contributed by atoms with Gasteiger partial charge in [0.1, 0.15) is 0 Å². The SMILES string of the molecule is COCCN(c1ccc(N)c(C)c1)C(C)COC. The predicted molar refractivity (Wildman–Crippen MR) is 76.2 cm³/mol. The third-order valence-corrected chi connectivity index (χ3v) is 3.06. The van der Waals surface area contributed by atoms with Crippen molar-refractivity contribution in [2.75, 3.05) is 44.6 Å². The average Bonchev–Trinajstić information content (AvgIpc) is 2.34. The molecule has 2 N–H and O–H groups in total. The van der Waals surface area contributed by atoms with Crippen LogP contribution in [0.5, 0.6) is 0 Å². The zero-order chi connectivity index (χ0) is 13.5. The summed E-state index contributed by atoms with van der Waals surface area (Å²) in [6.07, 6.45) is 0. The minimum absolute atomic E-state index is 0.299. The summed E-state index contributed by atoms with van der Waals surface area (Å²) in [5.41, 5.74) is 8.93. The van der Waals surface area contributed by atoms with Crippen LogP contribution in [-0.2, 0) is 9.47 Å². The Morgan fingerprint density at radius 1 is 1.28 bits per heavy atom. The number of anilines is 2. The fourth-order valence-electron chi connectivity index (χ4n) is 1.96. The number of nitrogen functional groups attached to an aromatic ring is 1. The van der Waals surface area contributed by atoms with Gasteiger partial charge in [-0.15, -0.1) is 0 Å². The number of nitrogens with zero attached hydrogens (tertiary/aromatic N) is 1. The number of ether oxygens (including phenoxy) is 2. The molecule has 1 aromatic rings. The monoisotopic (exact) mass is 252 g/mol. The number of hydrogen-bond acceptors (Lipinski definition) is 4. The summed E-state index contributed by atoms with van der Waals surface area (Å²) in [5, 5.41) is 0. The number of hydrogen-bond donors (Lipinski definition) is 1. The van der Waals surface area contributed by atoms with Crippen molar-refractivity contribution in [1.29, 1.82) is 0 Å². The van der Waals surface area contributed by atoms with Gasteiger partial charge in [-0.2, -0.15) is 0 Å². The van der Waals surface area contributed by atoms with E-state index in [-0.39, 0.29) is 0 Å². The van der Waals surface area contributed by atoms with Gasteiger partial charge < -0.3 is 20.1 Å². The van der Waals surface area contributed by atoms with Crippen molar-refractivity contribution in [3.05, 3.63) is 23.8 Å². The summed E-state index contributed by atoms with van der Waals surface area (Å²) >= 11 is 0. The van der Waals surface area contributed by atoms with E-state index >= 15 is 0 Å². The van der Waals surface area contributed by atoms with Gasteiger partial charge in [0, 0.05) is 38.2 Å². The molecule has 0 aromatic heterocycles. The van der Waals surface area contributed by atoms with Gasteiger partial charge >= 0.3 is 0 Å². The number of methoxy groups -OCH3 is 2. The van der Waals surface area contributed by atoms with Gasteiger partial charge in [-0.25, -0.2) is 0 Å². The van der Waals surface area contributed by atoms with Crippen LogP contribution in [0.4, 0.5) is 11.4 Å². The third-order valence-electron chi connectivity index (χ3n) is 3.06. The first-order valence-corrected chi connectivity index (χ1v) is 6.20. The normalized spacial score (nSPS) is 12.4. The highest BCUT2D eigenvalue weighted by atomic mass is 16.5. The molecule has 0 heterocycles. The smallest absolute Gasteiger partial charge is 0.0663 e. The van der Waals surface area contributed by atoms with Crippen molar-refractivity contribution in [2.24, 2.45) is 0 Å². The highest BCUT2D eigenvalue weighted by Gasteiger charge is 2.14. The maximum atomic E-state index is 5.86. The van der Waals surface area contributed by atoms with E-state index in [0.29, 0.717) is 19.3 Å². The van der Waals surface area contributed by atoms with E-state index in [4.69, 9.17) is 15.2 Å². The highest BCUT2D eigenvalue weighted by Crippen LogP contribution is 2.22. The molecule has 4 heteroatoms. The molecule has 18 heavy (non-hydrogen) atoms. The van der Waals surface area contributed by atoms with Crippen molar-refractivity contribution < 1.29 is 9.47 Å². The second kappa shape index (κ2) is 7.24. The Morgan fingerprint density at radius 2 is 2.00 bits per heavy atom. The Labute approximate surface area is 110 Å². The number of benzene rings is 1. The lowest BCUT2D eigenvalue weighted by Crippen LogP contribution is -2.38. The van der Waals surface area contributed by atoms with Crippen LogP contribution in [0.25, 0.3) is 0 Å². The molecule has 0 radical (unpaired) electrons. The Bertz CT molecular complexity index is 369. The summed E-state index contributed by atoms with van der Waals surface area (Å²) in [6.45, 7) is 6.38. The fourth-order valence-corrected chi connectivity index (χ4v) is 1.96. The Balaban J connectivity index is 2.89. The molecule has 0 saturated heterocycles. The van der Waals surface area contributed by atoms with Crippen molar-refractivity contribution in [3.8, 4) is 0 Å². The molecule has 0 saturated carbocycles. The molecule has 1 atom stereocenters. The molecule has 0 aliphatic carbocycles. The number of rotatable bonds is 7. The van der Waals surface area contributed by atoms with E-state index in [2.05, 4.69) is 17.9 Å². The van der Waals surface area contributed by atoms with Crippen LogP contribution < -0.4 is 10.6 Å². The molecule has 4 nitrogen and oxygen atoms in total. The summed E-state index contributed by atoms with van der Waals surface area (Å²) in [5.74, 6) is 0. The molecule has 1 unspecified atom stereocenters. The largest absolute Gasteiger partial charge is 0.399 e. The molecule has 1 aromatic carbocycles. The standard InChI is InChI=1S/C14H24N2O2/c1-11-9-13(5-6-14(11)15)16(7-8-17-3)12(2)10-18-4/h5-6,9,12H,7-8,10,15H2,1-4H3. The van der Waals surface area contributed by atoms with Crippen LogP contribution in [0.2, 0.25) is 0 Å². The van der Waals surface area contributed by atoms with Crippen molar-refractivity contribution in [2.45, 2.75) is 19.9 Å². The topological polar surface area (TPSA) is 47.7 Å². The Hall–Kier alpha value is -1.26. The van der Waals surface area contributed by atoms with Crippen LogP contribution in [-0.4, -0.2) is 40.0 Å². The first-order valence-electron chi connectivity index (χ1n) is 6.20. The summed E-state index contributed by atoms with van der Waals surface area (Å²) in [4.78, 5) is 2.28. The summed E-state index contributed by atoms with van der Waals surface area (Å²) < 4.78 is 10.4. The predicted octanol–water partition coefficient (Wildman–Crippen LogP) is 2.06. The van der Waals surface area contributed by atoms with Gasteiger partial charge in [-0.05, 0) is 37.6 Å². The van der Waals surface area contributed by atoms with E-state index in [0.717, 1.165) is 23.5 Å². The molecule has 0 spiro atoms. The number of nitrogens with two attached hydrogens (primary N) is 1. The van der Waals surface area contributed by atoms with Crippen molar-refractivity contribution in [3.63, 3.8) is 0 Å². The highest BCUT2D eigenvalue weighted by molar-refractivity contribution is 5.58. The maximum absolute atomic E-state index is 5.86. The van der Waals surface area contributed by atoms with E-state index in [1.807, 2.05) is 19.1 Å². The van der Waals surface area contributed by atoms with E-state index < -0.39 is 0 Å². The molecule has 0 bridgehead atoms. The molecule has 0 fully saturated rings. The van der Waals surface area contributed by atoms with Gasteiger partial charge in [0.15, 0.2) is 0 Å². The average molecular weight is 252 g/mol. The van der Waals surface area contributed by atoms with Gasteiger partial charge in [-0.1, -0.05) is 0 Å². The van der Waals surface area contributed by atoms with E-state index in [1.54, 1.807) is 14.2 Å².